The van der Waals surface area contributed by atoms with Crippen LogP contribution in [0.2, 0.25) is 0 Å². The molecule has 2 aliphatic rings. The summed E-state index contributed by atoms with van der Waals surface area (Å²) in [6, 6.07) is 22.1. The summed E-state index contributed by atoms with van der Waals surface area (Å²) in [5, 5.41) is 27.9. The summed E-state index contributed by atoms with van der Waals surface area (Å²) >= 11 is 1.75. The van der Waals surface area contributed by atoms with Crippen LogP contribution >= 0.6 is 11.8 Å². The van der Waals surface area contributed by atoms with Gasteiger partial charge < -0.3 is 25.6 Å². The van der Waals surface area contributed by atoms with Crippen molar-refractivity contribution in [1.29, 1.82) is 0 Å². The Balaban J connectivity index is 1.36. The molecule has 0 radical (unpaired) electrons. The highest BCUT2D eigenvalue weighted by Gasteiger charge is 2.44. The molecule has 0 bridgehead atoms. The number of rotatable bonds is 13. The van der Waals surface area contributed by atoms with Crippen molar-refractivity contribution in [2.75, 3.05) is 12.3 Å². The van der Waals surface area contributed by atoms with Gasteiger partial charge in [0.05, 0.1) is 5.94 Å². The molecule has 5 rings (SSSR count). The van der Waals surface area contributed by atoms with Crippen LogP contribution in [0.3, 0.4) is 0 Å². The number of nitrogens with zero attached hydrogens (tertiary/aromatic N) is 1. The first kappa shape index (κ1) is 35.0. The van der Waals surface area contributed by atoms with E-state index in [0.717, 1.165) is 48.6 Å². The molecule has 47 heavy (non-hydrogen) atoms. The Bertz CT molecular complexity index is 1490. The molecule has 1 saturated carbocycles. The fraction of sp³-hybridized carbons (Fsp3) is 0.486. The Morgan fingerprint density at radius 2 is 1.62 bits per heavy atom. The van der Waals surface area contributed by atoms with Crippen molar-refractivity contribution >= 4 is 47.4 Å². The summed E-state index contributed by atoms with van der Waals surface area (Å²) in [6.45, 7) is 4.01. The van der Waals surface area contributed by atoms with Crippen LogP contribution in [0.1, 0.15) is 74.7 Å². The second-order valence-electron chi connectivity index (χ2n) is 13.5. The number of likely N-dealkylation sites (tertiary alicyclic amines) is 1. The van der Waals surface area contributed by atoms with Crippen LogP contribution in [0, 0.1) is 11.8 Å². The highest BCUT2D eigenvalue weighted by Crippen LogP contribution is 2.32. The normalized spacial score (nSPS) is 19.8. The average Bonchev–Trinajstić information content (AvgIpc) is 3.51. The van der Waals surface area contributed by atoms with Crippen LogP contribution in [0.4, 0.5) is 0 Å². The van der Waals surface area contributed by atoms with E-state index >= 15 is 0 Å². The van der Waals surface area contributed by atoms with Crippen molar-refractivity contribution in [3.8, 4) is 0 Å². The number of thioether (sulfide) groups is 1. The lowest BCUT2D eigenvalue weighted by Gasteiger charge is -2.32. The summed E-state index contributed by atoms with van der Waals surface area (Å²) in [5.74, 6) is -0.873. The molecule has 0 unspecified atom stereocenters. The number of amides is 3. The van der Waals surface area contributed by atoms with Crippen LogP contribution < -0.4 is 10.6 Å². The quantitative estimate of drug-likeness (QED) is 0.192. The SMILES string of the molecule is CC(C)[C@H](NC(=O)[C@@H]1C[C@@H](SCCc2ccccc2)CN1C(=O)[C@@H](CC1CCCCC1)NC(=O)c1ccc2ccccc2c1)B(O)O. The van der Waals surface area contributed by atoms with Gasteiger partial charge in [0.1, 0.15) is 12.1 Å². The maximum absolute atomic E-state index is 14.5. The minimum atomic E-state index is -1.72. The number of hydrogen-bond acceptors (Lipinski definition) is 6. The fourth-order valence-electron chi connectivity index (χ4n) is 6.99. The van der Waals surface area contributed by atoms with Crippen molar-refractivity contribution in [3.05, 3.63) is 83.9 Å². The summed E-state index contributed by atoms with van der Waals surface area (Å²) in [6.07, 6.45) is 7.30. The molecule has 4 atom stereocenters. The highest BCUT2D eigenvalue weighted by molar-refractivity contribution is 7.99. The second-order valence-corrected chi connectivity index (χ2v) is 14.9. The number of carbonyl (C=O) groups excluding carboxylic acids is 3. The van der Waals surface area contributed by atoms with E-state index in [-0.39, 0.29) is 23.0 Å². The molecule has 3 aromatic carbocycles. The Kier molecular flexibility index (Phi) is 12.4. The van der Waals surface area contributed by atoms with E-state index in [4.69, 9.17) is 0 Å². The molecule has 0 aromatic heterocycles. The third kappa shape index (κ3) is 9.39. The molecule has 1 aliphatic carbocycles. The van der Waals surface area contributed by atoms with Gasteiger partial charge in [-0.2, -0.15) is 11.8 Å². The number of carbonyl (C=O) groups is 3. The van der Waals surface area contributed by atoms with Crippen molar-refractivity contribution in [1.82, 2.24) is 15.5 Å². The smallest absolute Gasteiger partial charge is 0.426 e. The zero-order chi connectivity index (χ0) is 33.3. The number of hydrogen-bond donors (Lipinski definition) is 4. The molecule has 0 spiro atoms. The van der Waals surface area contributed by atoms with Crippen LogP contribution in [0.15, 0.2) is 72.8 Å². The molecule has 4 N–H and O–H groups in total. The minimum absolute atomic E-state index is 0.0292. The lowest BCUT2D eigenvalue weighted by molar-refractivity contribution is -0.140. The van der Waals surface area contributed by atoms with Gasteiger partial charge in [0.15, 0.2) is 0 Å². The number of benzene rings is 3. The number of fused-ring (bicyclic) bond motifs is 1. The van der Waals surface area contributed by atoms with Crippen molar-refractivity contribution < 1.29 is 24.4 Å². The molecule has 3 amide bonds. The van der Waals surface area contributed by atoms with E-state index < -0.39 is 31.1 Å². The van der Waals surface area contributed by atoms with Gasteiger partial charge in [0.25, 0.3) is 5.91 Å². The van der Waals surface area contributed by atoms with Crippen molar-refractivity contribution in [2.24, 2.45) is 11.8 Å². The zero-order valence-corrected chi connectivity index (χ0v) is 28.3. The predicted molar refractivity (Wildman–Crippen MR) is 190 cm³/mol. The third-order valence-electron chi connectivity index (χ3n) is 9.69. The number of nitrogens with one attached hydrogen (secondary N) is 2. The first-order valence-electron chi connectivity index (χ1n) is 17.1. The Morgan fingerprint density at radius 1 is 0.915 bits per heavy atom. The van der Waals surface area contributed by atoms with E-state index in [1.54, 1.807) is 22.7 Å². The molecule has 8 nitrogen and oxygen atoms in total. The molecule has 1 saturated heterocycles. The summed E-state index contributed by atoms with van der Waals surface area (Å²) < 4.78 is 0. The summed E-state index contributed by atoms with van der Waals surface area (Å²) in [4.78, 5) is 43.6. The van der Waals surface area contributed by atoms with E-state index in [0.29, 0.717) is 30.9 Å². The van der Waals surface area contributed by atoms with Crippen LogP contribution in [0.5, 0.6) is 0 Å². The topological polar surface area (TPSA) is 119 Å². The molecular weight excluding hydrogens is 609 g/mol. The van der Waals surface area contributed by atoms with Crippen molar-refractivity contribution in [3.63, 3.8) is 0 Å². The molecule has 10 heteroatoms. The molecule has 2 fully saturated rings. The maximum Gasteiger partial charge on any atom is 0.475 e. The van der Waals surface area contributed by atoms with Gasteiger partial charge in [-0.25, -0.2) is 0 Å². The first-order chi connectivity index (χ1) is 22.7. The monoisotopic (exact) mass is 657 g/mol. The molecule has 1 heterocycles. The Labute approximate surface area is 283 Å². The van der Waals surface area contributed by atoms with E-state index in [1.165, 1.54) is 12.0 Å². The zero-order valence-electron chi connectivity index (χ0n) is 27.5. The summed E-state index contributed by atoms with van der Waals surface area (Å²) in [7, 11) is -1.72. The minimum Gasteiger partial charge on any atom is -0.426 e. The van der Waals surface area contributed by atoms with Crippen LogP contribution in [-0.2, 0) is 16.0 Å². The van der Waals surface area contributed by atoms with Gasteiger partial charge in [-0.15, -0.1) is 0 Å². The first-order valence-corrected chi connectivity index (χ1v) is 18.2. The average molecular weight is 658 g/mol. The molecular formula is C37H48BN3O5S. The van der Waals surface area contributed by atoms with Gasteiger partial charge in [0, 0.05) is 17.4 Å². The van der Waals surface area contributed by atoms with Gasteiger partial charge in [-0.3, -0.25) is 14.4 Å². The third-order valence-corrected chi connectivity index (χ3v) is 10.9. The van der Waals surface area contributed by atoms with Gasteiger partial charge >= 0.3 is 7.12 Å². The van der Waals surface area contributed by atoms with E-state index in [2.05, 4.69) is 22.8 Å². The van der Waals surface area contributed by atoms with Crippen LogP contribution in [0.25, 0.3) is 10.8 Å². The number of aryl methyl sites for hydroxylation is 1. The van der Waals surface area contributed by atoms with E-state index in [1.807, 2.05) is 68.4 Å². The molecule has 250 valence electrons. The van der Waals surface area contributed by atoms with Crippen LogP contribution in [-0.4, -0.2) is 75.4 Å². The Morgan fingerprint density at radius 3 is 2.32 bits per heavy atom. The fourth-order valence-corrected chi connectivity index (χ4v) is 8.27. The summed E-state index contributed by atoms with van der Waals surface area (Å²) in [5.41, 5.74) is 1.73. The molecule has 3 aromatic rings. The predicted octanol–water partition coefficient (Wildman–Crippen LogP) is 5.01. The lowest BCUT2D eigenvalue weighted by Crippen LogP contribution is -2.57. The van der Waals surface area contributed by atoms with E-state index in [9.17, 15) is 24.4 Å². The van der Waals surface area contributed by atoms with Gasteiger partial charge in [-0.05, 0) is 65.3 Å². The second kappa shape index (κ2) is 16.7. The Hall–Kier alpha value is -3.34. The van der Waals surface area contributed by atoms with Gasteiger partial charge in [-0.1, -0.05) is 107 Å². The maximum atomic E-state index is 14.5. The highest BCUT2D eigenvalue weighted by atomic mass is 32.2. The molecule has 1 aliphatic heterocycles. The standard InChI is InChI=1S/C37H48BN3O5S/c1-25(2)34(38(45)46)40-36(43)33-23-31(47-20-19-26-11-5-3-6-12-26)24-41(33)37(44)32(21-27-13-7-4-8-14-27)39-35(42)30-18-17-28-15-9-10-16-29(28)22-30/h3,5-6,9-12,15-18,22,25,27,31-34,45-46H,4,7-8,13-14,19-21,23-24H2,1-2H3,(H,39,42)(H,40,43)/t31-,32-,33+,34+/m1/s1. The van der Waals surface area contributed by atoms with Crippen molar-refractivity contribution in [2.45, 2.75) is 88.5 Å². The largest absolute Gasteiger partial charge is 0.475 e. The van der Waals surface area contributed by atoms with Gasteiger partial charge in [0.2, 0.25) is 11.8 Å². The lowest BCUT2D eigenvalue weighted by atomic mass is 9.73.